The van der Waals surface area contributed by atoms with Crippen LogP contribution < -0.4 is 0 Å². The lowest BCUT2D eigenvalue weighted by Crippen LogP contribution is -2.56. The molecule has 6 nitrogen and oxygen atoms in total. The molecule has 4 rings (SSSR count). The van der Waals surface area contributed by atoms with Gasteiger partial charge in [-0.25, -0.2) is 8.42 Å². The number of benzene rings is 2. The van der Waals surface area contributed by atoms with Gasteiger partial charge in [-0.3, -0.25) is 4.79 Å². The van der Waals surface area contributed by atoms with Gasteiger partial charge in [0.15, 0.2) is 0 Å². The number of piperazine rings is 1. The van der Waals surface area contributed by atoms with Crippen molar-refractivity contribution in [3.8, 4) is 0 Å². The van der Waals surface area contributed by atoms with E-state index in [9.17, 15) is 13.2 Å². The zero-order chi connectivity index (χ0) is 21.9. The van der Waals surface area contributed by atoms with Crippen LogP contribution in [-0.2, 0) is 30.7 Å². The molecule has 0 aliphatic carbocycles. The Balaban J connectivity index is 1.47. The molecule has 0 atom stereocenters. The van der Waals surface area contributed by atoms with Crippen molar-refractivity contribution in [3.63, 3.8) is 0 Å². The topological polar surface area (TPSA) is 66.9 Å². The zero-order valence-corrected chi connectivity index (χ0v) is 18.9. The first-order valence-electron chi connectivity index (χ1n) is 10.6. The van der Waals surface area contributed by atoms with Crippen LogP contribution in [0.15, 0.2) is 54.6 Å². The lowest BCUT2D eigenvalue weighted by Gasteiger charge is -2.42. The van der Waals surface area contributed by atoms with Crippen LogP contribution in [0.4, 0.5) is 0 Å². The first-order valence-corrected chi connectivity index (χ1v) is 12.5. The summed E-state index contributed by atoms with van der Waals surface area (Å²) in [6, 6.07) is 16.7. The van der Waals surface area contributed by atoms with E-state index in [1.54, 1.807) is 0 Å². The number of sulfonamides is 1. The van der Waals surface area contributed by atoms with Crippen LogP contribution >= 0.6 is 11.6 Å². The molecule has 2 aromatic rings. The van der Waals surface area contributed by atoms with E-state index in [0.717, 1.165) is 11.1 Å². The van der Waals surface area contributed by atoms with Gasteiger partial charge in [-0.2, -0.15) is 4.31 Å². The average Bonchev–Trinajstić information content (AvgIpc) is 2.80. The van der Waals surface area contributed by atoms with Gasteiger partial charge in [-0.05, 0) is 36.1 Å². The summed E-state index contributed by atoms with van der Waals surface area (Å²) < 4.78 is 32.7. The molecule has 0 N–H and O–H groups in total. The van der Waals surface area contributed by atoms with E-state index in [0.29, 0.717) is 57.3 Å². The molecule has 0 bridgehead atoms. The Morgan fingerprint density at radius 1 is 0.935 bits per heavy atom. The van der Waals surface area contributed by atoms with Crippen LogP contribution in [0.5, 0.6) is 0 Å². The summed E-state index contributed by atoms with van der Waals surface area (Å²) in [5, 5.41) is 0.635. The quantitative estimate of drug-likeness (QED) is 0.685. The second kappa shape index (κ2) is 9.28. The van der Waals surface area contributed by atoms with Gasteiger partial charge in [-0.1, -0.05) is 54.1 Å². The fourth-order valence-electron chi connectivity index (χ4n) is 4.46. The van der Waals surface area contributed by atoms with Gasteiger partial charge >= 0.3 is 0 Å². The van der Waals surface area contributed by atoms with Gasteiger partial charge in [0.2, 0.25) is 15.9 Å². The highest BCUT2D eigenvalue weighted by molar-refractivity contribution is 7.88. The van der Waals surface area contributed by atoms with E-state index in [1.807, 2.05) is 59.5 Å². The van der Waals surface area contributed by atoms with Crippen molar-refractivity contribution in [2.45, 2.75) is 24.0 Å². The number of carbonyl (C=O) groups excluding carboxylic acids is 1. The van der Waals surface area contributed by atoms with Gasteiger partial charge in [0, 0.05) is 44.4 Å². The Labute approximate surface area is 188 Å². The molecule has 2 aromatic carbocycles. The molecule has 2 heterocycles. The third-order valence-corrected chi connectivity index (χ3v) is 8.37. The smallest absolute Gasteiger partial charge is 0.233 e. The van der Waals surface area contributed by atoms with Gasteiger partial charge in [-0.15, -0.1) is 0 Å². The summed E-state index contributed by atoms with van der Waals surface area (Å²) in [6.07, 6.45) is 1.22. The average molecular weight is 463 g/mol. The standard InChI is InChI=1S/C23H27ClN2O4S/c24-21-8-6-20(7-9-21)23(10-16-30-17-11-23)22(27)25-12-14-26(15-13-25)31(28,29)18-19-4-2-1-3-5-19/h1-9H,10-18H2. The van der Waals surface area contributed by atoms with Crippen molar-refractivity contribution >= 4 is 27.5 Å². The summed E-state index contributed by atoms with van der Waals surface area (Å²) >= 11 is 6.06. The van der Waals surface area contributed by atoms with Gasteiger partial charge in [0.25, 0.3) is 0 Å². The molecular weight excluding hydrogens is 436 g/mol. The second-order valence-corrected chi connectivity index (χ2v) is 10.5. The van der Waals surface area contributed by atoms with E-state index in [4.69, 9.17) is 16.3 Å². The minimum absolute atomic E-state index is 0.0200. The van der Waals surface area contributed by atoms with Crippen LogP contribution in [0.3, 0.4) is 0 Å². The summed E-state index contributed by atoms with van der Waals surface area (Å²) in [4.78, 5) is 15.5. The fourth-order valence-corrected chi connectivity index (χ4v) is 6.10. The number of nitrogens with zero attached hydrogens (tertiary/aromatic N) is 2. The van der Waals surface area contributed by atoms with Crippen molar-refractivity contribution < 1.29 is 17.9 Å². The number of amides is 1. The molecule has 0 aromatic heterocycles. The van der Waals surface area contributed by atoms with Crippen molar-refractivity contribution in [1.29, 1.82) is 0 Å². The SMILES string of the molecule is O=C(N1CCN(S(=O)(=O)Cc2ccccc2)CC1)C1(c2ccc(Cl)cc2)CCOCC1. The predicted molar refractivity (Wildman–Crippen MR) is 120 cm³/mol. The lowest BCUT2D eigenvalue weighted by atomic mass is 9.73. The van der Waals surface area contributed by atoms with E-state index in [-0.39, 0.29) is 11.7 Å². The predicted octanol–water partition coefficient (Wildman–Crippen LogP) is 3.06. The van der Waals surface area contributed by atoms with Crippen LogP contribution in [0.2, 0.25) is 5.02 Å². The van der Waals surface area contributed by atoms with Crippen molar-refractivity contribution in [1.82, 2.24) is 9.21 Å². The molecule has 8 heteroatoms. The fraction of sp³-hybridized carbons (Fsp3) is 0.435. The molecule has 0 unspecified atom stereocenters. The minimum atomic E-state index is -3.42. The lowest BCUT2D eigenvalue weighted by molar-refractivity contribution is -0.142. The van der Waals surface area contributed by atoms with E-state index in [2.05, 4.69) is 0 Å². The summed E-state index contributed by atoms with van der Waals surface area (Å²) in [6.45, 7) is 2.47. The van der Waals surface area contributed by atoms with Crippen LogP contribution in [-0.4, -0.2) is 62.9 Å². The van der Waals surface area contributed by atoms with Crippen molar-refractivity contribution in [2.24, 2.45) is 0 Å². The first-order chi connectivity index (χ1) is 14.9. The molecule has 0 radical (unpaired) electrons. The number of hydrogen-bond acceptors (Lipinski definition) is 4. The highest BCUT2D eigenvalue weighted by Gasteiger charge is 2.45. The van der Waals surface area contributed by atoms with Gasteiger partial charge in [0.1, 0.15) is 0 Å². The molecule has 31 heavy (non-hydrogen) atoms. The molecule has 1 amide bonds. The third kappa shape index (κ3) is 4.80. The maximum atomic E-state index is 13.7. The normalized spacial score (nSPS) is 19.8. The van der Waals surface area contributed by atoms with E-state index in [1.165, 1.54) is 4.31 Å². The Hall–Kier alpha value is -1.93. The molecule has 2 aliphatic heterocycles. The maximum absolute atomic E-state index is 13.7. The highest BCUT2D eigenvalue weighted by Crippen LogP contribution is 2.37. The largest absolute Gasteiger partial charge is 0.381 e. The molecular formula is C23H27ClN2O4S. The maximum Gasteiger partial charge on any atom is 0.233 e. The molecule has 2 aliphatic rings. The Kier molecular flexibility index (Phi) is 6.67. The molecule has 2 saturated heterocycles. The summed E-state index contributed by atoms with van der Waals surface area (Å²) in [5.41, 5.74) is 1.07. The zero-order valence-electron chi connectivity index (χ0n) is 17.4. The Morgan fingerprint density at radius 2 is 1.55 bits per heavy atom. The van der Waals surface area contributed by atoms with Crippen LogP contribution in [0.1, 0.15) is 24.0 Å². The van der Waals surface area contributed by atoms with E-state index < -0.39 is 15.4 Å². The van der Waals surface area contributed by atoms with Crippen molar-refractivity contribution in [3.05, 3.63) is 70.7 Å². The minimum Gasteiger partial charge on any atom is -0.381 e. The number of rotatable bonds is 5. The molecule has 0 spiro atoms. The Bertz CT molecular complexity index is 998. The van der Waals surface area contributed by atoms with Crippen molar-refractivity contribution in [2.75, 3.05) is 39.4 Å². The van der Waals surface area contributed by atoms with Gasteiger partial charge in [0.05, 0.1) is 11.2 Å². The molecule has 0 saturated carbocycles. The summed E-state index contributed by atoms with van der Waals surface area (Å²) in [5.74, 6) is 0.0339. The first kappa shape index (κ1) is 22.3. The van der Waals surface area contributed by atoms with E-state index >= 15 is 0 Å². The molecule has 166 valence electrons. The number of hydrogen-bond donors (Lipinski definition) is 0. The monoisotopic (exact) mass is 462 g/mol. The number of carbonyl (C=O) groups is 1. The summed E-state index contributed by atoms with van der Waals surface area (Å²) in [7, 11) is -3.42. The Morgan fingerprint density at radius 3 is 2.16 bits per heavy atom. The van der Waals surface area contributed by atoms with Crippen LogP contribution in [0.25, 0.3) is 0 Å². The highest BCUT2D eigenvalue weighted by atomic mass is 35.5. The second-order valence-electron chi connectivity index (χ2n) is 8.13. The molecule has 2 fully saturated rings. The number of ether oxygens (including phenoxy) is 1. The van der Waals surface area contributed by atoms with Gasteiger partial charge < -0.3 is 9.64 Å². The third-order valence-electron chi connectivity index (χ3n) is 6.26. The number of halogens is 1. The van der Waals surface area contributed by atoms with Crippen LogP contribution in [0, 0.1) is 0 Å².